The molecule has 3 heterocycles. The van der Waals surface area contributed by atoms with Crippen molar-refractivity contribution in [3.63, 3.8) is 0 Å². The lowest BCUT2D eigenvalue weighted by Gasteiger charge is -2.31. The molecule has 7 heteroatoms. The van der Waals surface area contributed by atoms with Crippen LogP contribution in [0.15, 0.2) is 109 Å². The van der Waals surface area contributed by atoms with Crippen LogP contribution < -0.4 is 10.2 Å². The molecular formula is C38H33N3O4. The molecule has 4 aromatic carbocycles. The summed E-state index contributed by atoms with van der Waals surface area (Å²) in [4.78, 5) is 46.4. The van der Waals surface area contributed by atoms with E-state index in [0.29, 0.717) is 5.69 Å². The number of nitrogens with one attached hydrogen (secondary N) is 2. The minimum absolute atomic E-state index is 0.0313. The first-order chi connectivity index (χ1) is 21.9. The van der Waals surface area contributed by atoms with Gasteiger partial charge in [-0.05, 0) is 52.4 Å². The predicted molar refractivity (Wildman–Crippen MR) is 175 cm³/mol. The Morgan fingerprint density at radius 2 is 1.51 bits per heavy atom. The summed E-state index contributed by atoms with van der Waals surface area (Å²) in [6.07, 6.45) is 6.69. The van der Waals surface area contributed by atoms with E-state index in [1.54, 1.807) is 18.3 Å². The number of carboxylic acids is 1. The number of rotatable bonds is 8. The van der Waals surface area contributed by atoms with Gasteiger partial charge in [-0.3, -0.25) is 19.7 Å². The van der Waals surface area contributed by atoms with Crippen LogP contribution in [0.2, 0.25) is 0 Å². The SMILES string of the molecule is CCc1ccc(N2C(=O)C3C(c4ccc(/C=C/c5ccccc5)cc4)NC(Cc4c[nH]c5ccccc45)(C(=O)O)C3C2=O)cc1. The van der Waals surface area contributed by atoms with E-state index >= 15 is 0 Å². The second kappa shape index (κ2) is 11.3. The number of amides is 2. The fraction of sp³-hybridized carbons (Fsp3) is 0.184. The molecule has 4 unspecified atom stereocenters. The Bertz CT molecular complexity index is 1930. The molecule has 2 fully saturated rings. The minimum atomic E-state index is -1.71. The van der Waals surface area contributed by atoms with Crippen molar-refractivity contribution in [1.82, 2.24) is 10.3 Å². The molecule has 224 valence electrons. The van der Waals surface area contributed by atoms with E-state index in [0.717, 1.165) is 45.1 Å². The number of anilines is 1. The third kappa shape index (κ3) is 4.86. The number of imide groups is 1. The lowest BCUT2D eigenvalue weighted by molar-refractivity contribution is -0.148. The summed E-state index contributed by atoms with van der Waals surface area (Å²) in [7, 11) is 0. The molecule has 45 heavy (non-hydrogen) atoms. The van der Waals surface area contributed by atoms with E-state index in [1.807, 2.05) is 110 Å². The number of aryl methyl sites for hydroxylation is 1. The van der Waals surface area contributed by atoms with Gasteiger partial charge in [-0.25, -0.2) is 4.90 Å². The van der Waals surface area contributed by atoms with Gasteiger partial charge in [-0.2, -0.15) is 0 Å². The number of aromatic nitrogens is 1. The van der Waals surface area contributed by atoms with Gasteiger partial charge in [-0.15, -0.1) is 0 Å². The Balaban J connectivity index is 1.30. The summed E-state index contributed by atoms with van der Waals surface area (Å²) in [5.41, 5.74) is 4.28. The first kappa shape index (κ1) is 28.5. The van der Waals surface area contributed by atoms with Gasteiger partial charge < -0.3 is 10.1 Å². The standard InChI is InChI=1S/C38H33N3O4/c1-2-24-16-20-29(21-17-24)41-35(42)32-33(36(41)43)38(37(44)45,22-28-23-39-31-11-7-6-10-30(28)31)40-34(32)27-18-14-26(15-19-27)13-12-25-8-4-3-5-9-25/h3-21,23,32-34,39-40H,2,22H2,1H3,(H,44,45)/b13-12+. The van der Waals surface area contributed by atoms with Crippen LogP contribution in [0.1, 0.15) is 40.8 Å². The molecule has 0 spiro atoms. The van der Waals surface area contributed by atoms with Crippen LogP contribution >= 0.6 is 0 Å². The van der Waals surface area contributed by atoms with E-state index in [2.05, 4.69) is 10.3 Å². The Hall–Kier alpha value is -5.27. The number of hydrogen-bond acceptors (Lipinski definition) is 4. The van der Waals surface area contributed by atoms with E-state index in [1.165, 1.54) is 4.90 Å². The van der Waals surface area contributed by atoms with Crippen molar-refractivity contribution in [1.29, 1.82) is 0 Å². The second-order valence-corrected chi connectivity index (χ2v) is 11.9. The molecule has 5 aromatic rings. The average molecular weight is 596 g/mol. The molecule has 7 rings (SSSR count). The number of aromatic amines is 1. The van der Waals surface area contributed by atoms with Crippen molar-refractivity contribution in [3.8, 4) is 0 Å². The highest BCUT2D eigenvalue weighted by Gasteiger charge is 2.68. The monoisotopic (exact) mass is 595 g/mol. The van der Waals surface area contributed by atoms with E-state index in [-0.39, 0.29) is 12.3 Å². The molecule has 3 N–H and O–H groups in total. The largest absolute Gasteiger partial charge is 0.480 e. The highest BCUT2D eigenvalue weighted by Crippen LogP contribution is 2.51. The van der Waals surface area contributed by atoms with Crippen molar-refractivity contribution >= 4 is 46.5 Å². The number of carboxylic acid groups (broad SMARTS) is 1. The molecule has 0 radical (unpaired) electrons. The van der Waals surface area contributed by atoms with Crippen LogP contribution in [0.5, 0.6) is 0 Å². The summed E-state index contributed by atoms with van der Waals surface area (Å²) >= 11 is 0. The van der Waals surface area contributed by atoms with Gasteiger partial charge in [0.05, 0.1) is 17.5 Å². The predicted octanol–water partition coefficient (Wildman–Crippen LogP) is 6.42. The first-order valence-electron chi connectivity index (χ1n) is 15.3. The van der Waals surface area contributed by atoms with Crippen molar-refractivity contribution in [2.45, 2.75) is 31.3 Å². The van der Waals surface area contributed by atoms with Gasteiger partial charge in [0.1, 0.15) is 5.54 Å². The van der Waals surface area contributed by atoms with Gasteiger partial charge >= 0.3 is 5.97 Å². The van der Waals surface area contributed by atoms with Crippen molar-refractivity contribution < 1.29 is 19.5 Å². The number of H-pyrrole nitrogens is 1. The van der Waals surface area contributed by atoms with Gasteiger partial charge in [-0.1, -0.05) is 104 Å². The number of carbonyl (C=O) groups excluding carboxylic acids is 2. The number of hydrogen-bond donors (Lipinski definition) is 3. The fourth-order valence-electron chi connectivity index (χ4n) is 7.01. The average Bonchev–Trinajstić information content (AvgIpc) is 3.72. The maximum atomic E-state index is 14.3. The number of carbonyl (C=O) groups is 3. The minimum Gasteiger partial charge on any atom is -0.480 e. The molecular weight excluding hydrogens is 562 g/mol. The molecule has 0 bridgehead atoms. The van der Waals surface area contributed by atoms with Crippen LogP contribution in [0.25, 0.3) is 23.1 Å². The zero-order valence-electron chi connectivity index (χ0n) is 24.8. The molecule has 4 atom stereocenters. The van der Waals surface area contributed by atoms with Gasteiger partial charge in [0, 0.05) is 29.6 Å². The Labute approximate surface area is 261 Å². The summed E-state index contributed by atoms with van der Waals surface area (Å²) in [6.45, 7) is 2.04. The number of para-hydroxylation sites is 1. The topological polar surface area (TPSA) is 102 Å². The number of aliphatic carboxylic acids is 1. The molecule has 7 nitrogen and oxygen atoms in total. The smallest absolute Gasteiger partial charge is 0.325 e. The number of nitrogens with zero attached hydrogens (tertiary/aromatic N) is 1. The number of fused-ring (bicyclic) bond motifs is 2. The summed E-state index contributed by atoms with van der Waals surface area (Å²) in [5.74, 6) is -4.03. The zero-order valence-corrected chi connectivity index (χ0v) is 24.8. The third-order valence-corrected chi connectivity index (χ3v) is 9.35. The van der Waals surface area contributed by atoms with E-state index in [9.17, 15) is 19.5 Å². The maximum Gasteiger partial charge on any atom is 0.325 e. The van der Waals surface area contributed by atoms with Crippen LogP contribution in [0.4, 0.5) is 5.69 Å². The summed E-state index contributed by atoms with van der Waals surface area (Å²) < 4.78 is 0. The van der Waals surface area contributed by atoms with Crippen molar-refractivity contribution in [2.75, 3.05) is 4.90 Å². The first-order valence-corrected chi connectivity index (χ1v) is 15.3. The lowest BCUT2D eigenvalue weighted by Crippen LogP contribution is -2.57. The maximum absolute atomic E-state index is 14.3. The van der Waals surface area contributed by atoms with Crippen molar-refractivity contribution in [3.05, 3.63) is 137 Å². The molecule has 2 aliphatic rings. The fourth-order valence-corrected chi connectivity index (χ4v) is 7.01. The molecule has 0 aliphatic carbocycles. The van der Waals surface area contributed by atoms with Crippen LogP contribution in [0, 0.1) is 11.8 Å². The molecule has 2 saturated heterocycles. The van der Waals surface area contributed by atoms with Crippen molar-refractivity contribution in [2.24, 2.45) is 11.8 Å². The van der Waals surface area contributed by atoms with E-state index < -0.39 is 35.3 Å². The van der Waals surface area contributed by atoms with E-state index in [4.69, 9.17) is 0 Å². The normalized spacial score (nSPS) is 22.9. The lowest BCUT2D eigenvalue weighted by atomic mass is 9.76. The zero-order chi connectivity index (χ0) is 31.1. The Kier molecular flexibility index (Phi) is 7.18. The number of benzene rings is 4. The molecule has 2 aliphatic heterocycles. The second-order valence-electron chi connectivity index (χ2n) is 11.9. The van der Waals surface area contributed by atoms with Gasteiger partial charge in [0.15, 0.2) is 0 Å². The van der Waals surface area contributed by atoms with Gasteiger partial charge in [0.25, 0.3) is 0 Å². The van der Waals surface area contributed by atoms with Crippen LogP contribution in [0.3, 0.4) is 0 Å². The summed E-state index contributed by atoms with van der Waals surface area (Å²) in [5, 5.41) is 15.2. The Morgan fingerprint density at radius 3 is 2.20 bits per heavy atom. The van der Waals surface area contributed by atoms with Crippen LogP contribution in [-0.4, -0.2) is 33.4 Å². The van der Waals surface area contributed by atoms with Crippen LogP contribution in [-0.2, 0) is 27.2 Å². The molecule has 2 amide bonds. The Morgan fingerprint density at radius 1 is 0.844 bits per heavy atom. The summed E-state index contributed by atoms with van der Waals surface area (Å²) in [6, 6.07) is 32.1. The molecule has 1 aromatic heterocycles. The van der Waals surface area contributed by atoms with Gasteiger partial charge in [0.2, 0.25) is 11.8 Å². The quantitative estimate of drug-likeness (QED) is 0.142. The highest BCUT2D eigenvalue weighted by molar-refractivity contribution is 6.24. The third-order valence-electron chi connectivity index (χ3n) is 9.35. The molecule has 0 saturated carbocycles. The highest BCUT2D eigenvalue weighted by atomic mass is 16.4.